The van der Waals surface area contributed by atoms with Gasteiger partial charge in [-0.15, -0.1) is 0 Å². The molecule has 2 amide bonds. The minimum absolute atomic E-state index is 0.000123. The lowest BCUT2D eigenvalue weighted by Gasteiger charge is -2.44. The van der Waals surface area contributed by atoms with Gasteiger partial charge in [0.05, 0.1) is 12.6 Å². The number of urea groups is 1. The van der Waals surface area contributed by atoms with E-state index in [4.69, 9.17) is 5.11 Å². The number of piperidine rings is 1. The molecule has 1 aliphatic heterocycles. The van der Waals surface area contributed by atoms with E-state index < -0.39 is 23.6 Å². The van der Waals surface area contributed by atoms with E-state index in [1.807, 2.05) is 11.8 Å². The van der Waals surface area contributed by atoms with E-state index in [1.165, 1.54) is 12.1 Å². The van der Waals surface area contributed by atoms with Crippen molar-refractivity contribution in [3.8, 4) is 0 Å². The summed E-state index contributed by atoms with van der Waals surface area (Å²) in [6.45, 7) is 3.10. The Morgan fingerprint density at radius 1 is 1.29 bits per heavy atom. The Kier molecular flexibility index (Phi) is 6.49. The van der Waals surface area contributed by atoms with Crippen molar-refractivity contribution >= 4 is 12.0 Å². The fourth-order valence-electron chi connectivity index (χ4n) is 4.20. The van der Waals surface area contributed by atoms with Gasteiger partial charge >= 0.3 is 12.0 Å². The number of aliphatic carboxylic acids is 1. The molecular formula is C20H27F2N3O3. The second-order valence-corrected chi connectivity index (χ2v) is 7.60. The average Bonchev–Trinajstić information content (AvgIpc) is 2.62. The lowest BCUT2D eigenvalue weighted by atomic mass is 9.85. The molecule has 1 saturated heterocycles. The first-order chi connectivity index (χ1) is 13.4. The molecule has 28 heavy (non-hydrogen) atoms. The first-order valence-electron chi connectivity index (χ1n) is 9.87. The second kappa shape index (κ2) is 8.86. The van der Waals surface area contributed by atoms with Gasteiger partial charge in [-0.25, -0.2) is 13.6 Å². The fraction of sp³-hybridized carbons (Fsp3) is 0.600. The largest absolute Gasteiger partial charge is 0.480 e. The number of carboxylic acids is 1. The summed E-state index contributed by atoms with van der Waals surface area (Å²) < 4.78 is 27.5. The van der Waals surface area contributed by atoms with Crippen LogP contribution in [-0.2, 0) is 4.79 Å². The van der Waals surface area contributed by atoms with Crippen molar-refractivity contribution < 1.29 is 23.5 Å². The molecule has 1 aliphatic carbocycles. The molecular weight excluding hydrogens is 368 g/mol. The Bertz CT molecular complexity index is 725. The summed E-state index contributed by atoms with van der Waals surface area (Å²) in [7, 11) is 0. The summed E-state index contributed by atoms with van der Waals surface area (Å²) >= 11 is 0. The zero-order valence-electron chi connectivity index (χ0n) is 16.0. The second-order valence-electron chi connectivity index (χ2n) is 7.60. The average molecular weight is 395 g/mol. The summed E-state index contributed by atoms with van der Waals surface area (Å²) in [5.74, 6) is -2.11. The van der Waals surface area contributed by atoms with Crippen molar-refractivity contribution in [1.82, 2.24) is 15.1 Å². The van der Waals surface area contributed by atoms with Crippen molar-refractivity contribution in [2.45, 2.75) is 57.2 Å². The van der Waals surface area contributed by atoms with Crippen molar-refractivity contribution in [2.75, 3.05) is 19.6 Å². The van der Waals surface area contributed by atoms with Gasteiger partial charge in [-0.1, -0.05) is 13.0 Å². The number of hydrogen-bond donors (Lipinski definition) is 2. The number of carboxylic acid groups (broad SMARTS) is 1. The highest BCUT2D eigenvalue weighted by Gasteiger charge is 2.37. The van der Waals surface area contributed by atoms with Gasteiger partial charge in [0.15, 0.2) is 0 Å². The Balaban J connectivity index is 1.59. The summed E-state index contributed by atoms with van der Waals surface area (Å²) in [6, 6.07) is 3.01. The van der Waals surface area contributed by atoms with Crippen LogP contribution in [0.3, 0.4) is 0 Å². The molecule has 3 rings (SSSR count). The third kappa shape index (κ3) is 4.60. The van der Waals surface area contributed by atoms with E-state index in [2.05, 4.69) is 5.32 Å². The minimum atomic E-state index is -0.855. The van der Waals surface area contributed by atoms with E-state index in [0.29, 0.717) is 37.9 Å². The Labute approximate surface area is 163 Å². The van der Waals surface area contributed by atoms with E-state index in [-0.39, 0.29) is 24.7 Å². The number of nitrogens with zero attached hydrogens (tertiary/aromatic N) is 2. The van der Waals surface area contributed by atoms with Crippen LogP contribution in [0, 0.1) is 11.6 Å². The van der Waals surface area contributed by atoms with Crippen LogP contribution in [0.5, 0.6) is 0 Å². The number of carbonyl (C=O) groups is 2. The standard InChI is InChI=1S/C20H27F2N3O3/c1-2-24(12-19(26)27)15-10-14(11-15)23-20(28)25-8-4-3-5-18(25)16-7-6-13(21)9-17(16)22/h6-7,9,14-15,18H,2-5,8,10-12H2,1H3,(H,23,28)(H,26,27). The lowest BCUT2D eigenvalue weighted by Crippen LogP contribution is -2.57. The number of carbonyl (C=O) groups excluding carboxylic acids is 1. The molecule has 2 aliphatic rings. The molecule has 0 bridgehead atoms. The van der Waals surface area contributed by atoms with Crippen LogP contribution in [0.1, 0.15) is 50.6 Å². The molecule has 0 radical (unpaired) electrons. The summed E-state index contributed by atoms with van der Waals surface area (Å²) in [5, 5.41) is 12.0. The molecule has 2 N–H and O–H groups in total. The lowest BCUT2D eigenvalue weighted by molar-refractivity contribution is -0.139. The molecule has 2 fully saturated rings. The number of benzene rings is 1. The van der Waals surface area contributed by atoms with Crippen LogP contribution in [0.4, 0.5) is 13.6 Å². The van der Waals surface area contributed by atoms with Gasteiger partial charge in [0.1, 0.15) is 11.6 Å². The maximum atomic E-state index is 14.2. The number of halogens is 2. The van der Waals surface area contributed by atoms with Gasteiger partial charge < -0.3 is 15.3 Å². The topological polar surface area (TPSA) is 72.9 Å². The third-order valence-corrected chi connectivity index (χ3v) is 5.79. The molecule has 154 valence electrons. The highest BCUT2D eigenvalue weighted by molar-refractivity contribution is 5.75. The molecule has 6 nitrogen and oxygen atoms in total. The predicted molar refractivity (Wildman–Crippen MR) is 99.9 cm³/mol. The number of rotatable bonds is 6. The molecule has 0 spiro atoms. The molecule has 1 aromatic carbocycles. The van der Waals surface area contributed by atoms with E-state index in [1.54, 1.807) is 4.90 Å². The highest BCUT2D eigenvalue weighted by atomic mass is 19.1. The van der Waals surface area contributed by atoms with Crippen LogP contribution in [0.15, 0.2) is 18.2 Å². The molecule has 8 heteroatoms. The SMILES string of the molecule is CCN(CC(=O)O)C1CC(NC(=O)N2CCCCC2c2ccc(F)cc2F)C1. The minimum Gasteiger partial charge on any atom is -0.480 e. The quantitative estimate of drug-likeness (QED) is 0.776. The Morgan fingerprint density at radius 3 is 2.68 bits per heavy atom. The zero-order valence-corrected chi connectivity index (χ0v) is 16.0. The molecule has 1 saturated carbocycles. The van der Waals surface area contributed by atoms with Gasteiger partial charge in [0.2, 0.25) is 0 Å². The number of hydrogen-bond acceptors (Lipinski definition) is 3. The predicted octanol–water partition coefficient (Wildman–Crippen LogP) is 3.14. The molecule has 1 unspecified atom stereocenters. The Morgan fingerprint density at radius 2 is 2.04 bits per heavy atom. The van der Waals surface area contributed by atoms with E-state index in [0.717, 1.165) is 18.9 Å². The number of likely N-dealkylation sites (N-methyl/N-ethyl adjacent to an activating group) is 1. The first kappa shape index (κ1) is 20.5. The van der Waals surface area contributed by atoms with Crippen LogP contribution in [0.2, 0.25) is 0 Å². The van der Waals surface area contributed by atoms with Crippen LogP contribution < -0.4 is 5.32 Å². The van der Waals surface area contributed by atoms with Crippen LogP contribution >= 0.6 is 0 Å². The van der Waals surface area contributed by atoms with Crippen molar-refractivity contribution in [3.63, 3.8) is 0 Å². The zero-order chi connectivity index (χ0) is 20.3. The molecule has 1 atom stereocenters. The monoisotopic (exact) mass is 395 g/mol. The van der Waals surface area contributed by atoms with E-state index >= 15 is 0 Å². The normalized spacial score (nSPS) is 24.7. The van der Waals surface area contributed by atoms with Crippen LogP contribution in [0.25, 0.3) is 0 Å². The summed E-state index contributed by atoms with van der Waals surface area (Å²) in [4.78, 5) is 27.3. The van der Waals surface area contributed by atoms with E-state index in [9.17, 15) is 18.4 Å². The van der Waals surface area contributed by atoms with Crippen molar-refractivity contribution in [1.29, 1.82) is 0 Å². The number of amides is 2. The summed E-state index contributed by atoms with van der Waals surface area (Å²) in [6.07, 6.45) is 3.79. The smallest absolute Gasteiger partial charge is 0.318 e. The van der Waals surface area contributed by atoms with Crippen molar-refractivity contribution in [3.05, 3.63) is 35.4 Å². The number of nitrogens with one attached hydrogen (secondary N) is 1. The molecule has 0 aromatic heterocycles. The maximum Gasteiger partial charge on any atom is 0.318 e. The van der Waals surface area contributed by atoms with Gasteiger partial charge in [0.25, 0.3) is 0 Å². The number of likely N-dealkylation sites (tertiary alicyclic amines) is 1. The van der Waals surface area contributed by atoms with Gasteiger partial charge in [0, 0.05) is 30.3 Å². The van der Waals surface area contributed by atoms with Crippen molar-refractivity contribution in [2.24, 2.45) is 0 Å². The maximum absolute atomic E-state index is 14.2. The summed E-state index contributed by atoms with van der Waals surface area (Å²) in [5.41, 5.74) is 0.348. The molecule has 1 heterocycles. The first-order valence-corrected chi connectivity index (χ1v) is 9.87. The van der Waals surface area contributed by atoms with Gasteiger partial charge in [-0.3, -0.25) is 9.69 Å². The van der Waals surface area contributed by atoms with Gasteiger partial charge in [-0.2, -0.15) is 0 Å². The van der Waals surface area contributed by atoms with Crippen LogP contribution in [-0.4, -0.2) is 58.6 Å². The molecule has 1 aromatic rings. The highest BCUT2D eigenvalue weighted by Crippen LogP contribution is 2.33. The third-order valence-electron chi connectivity index (χ3n) is 5.79. The fourth-order valence-corrected chi connectivity index (χ4v) is 4.20. The van der Waals surface area contributed by atoms with Gasteiger partial charge in [-0.05, 0) is 44.7 Å². The Hall–Kier alpha value is -2.22.